The van der Waals surface area contributed by atoms with E-state index in [-0.39, 0.29) is 35.8 Å². The summed E-state index contributed by atoms with van der Waals surface area (Å²) >= 11 is 0. The van der Waals surface area contributed by atoms with Gasteiger partial charge in [0.25, 0.3) is 6.47 Å². The molecule has 0 atom stereocenters. The highest BCUT2D eigenvalue weighted by Gasteiger charge is 2.18. The van der Waals surface area contributed by atoms with Crippen LogP contribution in [0.1, 0.15) is 18.2 Å². The summed E-state index contributed by atoms with van der Waals surface area (Å²) < 4.78 is 28.3. The minimum atomic E-state index is -3.47. The molecule has 0 aliphatic rings. The van der Waals surface area contributed by atoms with Gasteiger partial charge in [0.05, 0.1) is 28.8 Å². The highest BCUT2D eigenvalue weighted by Crippen LogP contribution is 2.18. The Morgan fingerprint density at radius 1 is 1.56 bits per heavy atom. The summed E-state index contributed by atoms with van der Waals surface area (Å²) in [5.41, 5.74) is 0.685. The molecular weight excluding hydrogens is 256 g/mol. The molecule has 0 radical (unpaired) electrons. The highest BCUT2D eigenvalue weighted by molar-refractivity contribution is 7.91. The van der Waals surface area contributed by atoms with Crippen LogP contribution in [0.25, 0.3) is 0 Å². The Kier molecular flexibility index (Phi) is 4.80. The second kappa shape index (κ2) is 6.12. The highest BCUT2D eigenvalue weighted by atomic mass is 32.2. The quantitative estimate of drug-likeness (QED) is 0.701. The van der Waals surface area contributed by atoms with Gasteiger partial charge < -0.3 is 4.74 Å². The monoisotopic (exact) mass is 268 g/mol. The van der Waals surface area contributed by atoms with Crippen molar-refractivity contribution in [2.45, 2.75) is 24.8 Å². The summed E-state index contributed by atoms with van der Waals surface area (Å²) in [6, 6.07) is 3.32. The molecule has 0 saturated heterocycles. The van der Waals surface area contributed by atoms with Gasteiger partial charge >= 0.3 is 0 Å². The average molecular weight is 268 g/mol. The smallest absolute Gasteiger partial charge is 0.293 e. The summed E-state index contributed by atoms with van der Waals surface area (Å²) in [6.07, 6.45) is 1.48. The van der Waals surface area contributed by atoms with Crippen molar-refractivity contribution >= 4 is 16.3 Å². The van der Waals surface area contributed by atoms with Gasteiger partial charge in [-0.05, 0) is 11.6 Å². The second-order valence-electron chi connectivity index (χ2n) is 3.43. The van der Waals surface area contributed by atoms with Gasteiger partial charge in [0.15, 0.2) is 9.84 Å². The molecule has 0 aliphatic heterocycles. The third kappa shape index (κ3) is 3.28. The van der Waals surface area contributed by atoms with E-state index in [1.165, 1.54) is 19.2 Å². The fourth-order valence-corrected chi connectivity index (χ4v) is 2.46. The third-order valence-electron chi connectivity index (χ3n) is 2.27. The topological polar surface area (TPSA) is 97.1 Å². The van der Waals surface area contributed by atoms with Gasteiger partial charge in [-0.2, -0.15) is 5.26 Å². The molecule has 6 nitrogen and oxygen atoms in total. The van der Waals surface area contributed by atoms with Crippen LogP contribution in [0.3, 0.4) is 0 Å². The molecule has 0 N–H and O–H groups in total. The van der Waals surface area contributed by atoms with Gasteiger partial charge in [-0.15, -0.1) is 0 Å². The van der Waals surface area contributed by atoms with E-state index in [2.05, 4.69) is 9.72 Å². The van der Waals surface area contributed by atoms with Gasteiger partial charge in [0.2, 0.25) is 0 Å². The average Bonchev–Trinajstić information content (AvgIpc) is 2.37. The van der Waals surface area contributed by atoms with Gasteiger partial charge in [-0.25, -0.2) is 8.42 Å². The summed E-state index contributed by atoms with van der Waals surface area (Å²) in [7, 11) is -3.47. The normalized spacial score (nSPS) is 10.7. The lowest BCUT2D eigenvalue weighted by atomic mass is 10.2. The van der Waals surface area contributed by atoms with Gasteiger partial charge in [0.1, 0.15) is 6.61 Å². The maximum Gasteiger partial charge on any atom is 0.293 e. The predicted octanol–water partition coefficient (Wildman–Crippen LogP) is 0.614. The Balaban J connectivity index is 3.27. The summed E-state index contributed by atoms with van der Waals surface area (Å²) in [5.74, 6) is -0.0845. The fourth-order valence-electron chi connectivity index (χ4n) is 1.35. The first-order valence-electron chi connectivity index (χ1n) is 5.18. The van der Waals surface area contributed by atoms with E-state index in [0.717, 1.165) is 0 Å². The van der Waals surface area contributed by atoms with E-state index in [9.17, 15) is 13.2 Å². The molecule has 1 aromatic rings. The van der Waals surface area contributed by atoms with E-state index in [0.29, 0.717) is 5.56 Å². The second-order valence-corrected chi connectivity index (χ2v) is 5.68. The molecule has 0 bridgehead atoms. The Morgan fingerprint density at radius 3 is 2.83 bits per heavy atom. The minimum absolute atomic E-state index is 0.0135. The number of rotatable bonds is 6. The zero-order valence-electron chi connectivity index (χ0n) is 9.79. The standard InChI is InChI=1S/C11H12N2O4S/c1-2-18(15,16)11-5-9(3-4-12)6-13-10(11)7-17-8-14/h5-6,8H,2-3,7H2,1H3. The molecule has 0 amide bonds. The Hall–Kier alpha value is -1.94. The molecule has 1 rings (SSSR count). The number of sulfone groups is 1. The molecule has 0 aliphatic carbocycles. The number of carbonyl (C=O) groups is 1. The Bertz CT molecular complexity index is 575. The summed E-state index contributed by atoms with van der Waals surface area (Å²) in [5, 5.41) is 8.58. The lowest BCUT2D eigenvalue weighted by Crippen LogP contribution is -2.10. The van der Waals surface area contributed by atoms with Crippen LogP contribution < -0.4 is 0 Å². The maximum absolute atomic E-state index is 11.9. The molecule has 0 spiro atoms. The van der Waals surface area contributed by atoms with Crippen molar-refractivity contribution in [2.75, 3.05) is 5.75 Å². The van der Waals surface area contributed by atoms with E-state index < -0.39 is 9.84 Å². The number of carbonyl (C=O) groups excluding carboxylic acids is 1. The van der Waals surface area contributed by atoms with Crippen molar-refractivity contribution in [3.8, 4) is 6.07 Å². The van der Waals surface area contributed by atoms with E-state index in [1.807, 2.05) is 6.07 Å². The Morgan fingerprint density at radius 2 is 2.28 bits per heavy atom. The van der Waals surface area contributed by atoms with Crippen LogP contribution in [0.5, 0.6) is 0 Å². The van der Waals surface area contributed by atoms with E-state index in [1.54, 1.807) is 0 Å². The van der Waals surface area contributed by atoms with Crippen LogP contribution in [-0.2, 0) is 32.4 Å². The van der Waals surface area contributed by atoms with Gasteiger partial charge in [-0.1, -0.05) is 6.92 Å². The molecule has 0 aromatic carbocycles. The van der Waals surface area contributed by atoms with Crippen LogP contribution in [0.15, 0.2) is 17.2 Å². The maximum atomic E-state index is 11.9. The van der Waals surface area contributed by atoms with Crippen molar-refractivity contribution in [1.82, 2.24) is 4.98 Å². The number of pyridine rings is 1. The zero-order valence-corrected chi connectivity index (χ0v) is 10.6. The SMILES string of the molecule is CCS(=O)(=O)c1cc(CC#N)cnc1COC=O. The molecule has 7 heteroatoms. The molecular formula is C11H12N2O4S. The van der Waals surface area contributed by atoms with E-state index in [4.69, 9.17) is 5.26 Å². The first-order chi connectivity index (χ1) is 8.55. The van der Waals surface area contributed by atoms with Gasteiger partial charge in [0, 0.05) is 6.20 Å². The van der Waals surface area contributed by atoms with Gasteiger partial charge in [-0.3, -0.25) is 9.78 Å². The fraction of sp³-hybridized carbons (Fsp3) is 0.364. The van der Waals surface area contributed by atoms with Crippen molar-refractivity contribution in [2.24, 2.45) is 0 Å². The number of hydrogen-bond donors (Lipinski definition) is 0. The van der Waals surface area contributed by atoms with Crippen molar-refractivity contribution in [3.05, 3.63) is 23.5 Å². The molecule has 1 aromatic heterocycles. The number of hydrogen-bond acceptors (Lipinski definition) is 6. The van der Waals surface area contributed by atoms with Crippen LogP contribution in [0.4, 0.5) is 0 Å². The van der Waals surface area contributed by atoms with Crippen molar-refractivity contribution in [1.29, 1.82) is 5.26 Å². The molecule has 0 saturated carbocycles. The molecule has 96 valence electrons. The summed E-state index contributed by atoms with van der Waals surface area (Å²) in [6.45, 7) is 1.54. The first-order valence-corrected chi connectivity index (χ1v) is 6.83. The molecule has 0 unspecified atom stereocenters. The minimum Gasteiger partial charge on any atom is -0.461 e. The van der Waals surface area contributed by atoms with Crippen LogP contribution >= 0.6 is 0 Å². The van der Waals surface area contributed by atoms with Crippen LogP contribution in [0.2, 0.25) is 0 Å². The molecule has 0 fully saturated rings. The lowest BCUT2D eigenvalue weighted by molar-refractivity contribution is -0.130. The van der Waals surface area contributed by atoms with Crippen LogP contribution in [-0.4, -0.2) is 25.6 Å². The number of nitriles is 1. The first kappa shape index (κ1) is 14.1. The lowest BCUT2D eigenvalue weighted by Gasteiger charge is -2.08. The Labute approximate surface area is 105 Å². The summed E-state index contributed by atoms with van der Waals surface area (Å²) in [4.78, 5) is 14.1. The number of nitrogens with zero attached hydrogens (tertiary/aromatic N) is 2. The number of ether oxygens (including phenoxy) is 1. The number of aromatic nitrogens is 1. The van der Waals surface area contributed by atoms with Crippen molar-refractivity contribution in [3.63, 3.8) is 0 Å². The predicted molar refractivity (Wildman–Crippen MR) is 62.1 cm³/mol. The molecule has 18 heavy (non-hydrogen) atoms. The van der Waals surface area contributed by atoms with E-state index >= 15 is 0 Å². The molecule has 1 heterocycles. The largest absolute Gasteiger partial charge is 0.461 e. The third-order valence-corrected chi connectivity index (χ3v) is 4.06. The van der Waals surface area contributed by atoms with Crippen molar-refractivity contribution < 1.29 is 17.9 Å². The zero-order chi connectivity index (χ0) is 13.6. The van der Waals surface area contributed by atoms with Crippen LogP contribution in [0, 0.1) is 11.3 Å².